The van der Waals surface area contributed by atoms with Crippen LogP contribution >= 0.6 is 11.6 Å². The van der Waals surface area contributed by atoms with Crippen LogP contribution in [0.5, 0.6) is 0 Å². The molecule has 0 fully saturated rings. The van der Waals surface area contributed by atoms with Crippen molar-refractivity contribution in [2.24, 2.45) is 0 Å². The highest BCUT2D eigenvalue weighted by Crippen LogP contribution is 2.18. The molecule has 2 aromatic carbocycles. The Morgan fingerprint density at radius 2 is 1.75 bits per heavy atom. The van der Waals surface area contributed by atoms with E-state index in [-0.39, 0.29) is 6.54 Å². The summed E-state index contributed by atoms with van der Waals surface area (Å²) in [4.78, 5) is 31.4. The Labute approximate surface area is 187 Å². The van der Waals surface area contributed by atoms with Gasteiger partial charge in [0.15, 0.2) is 11.2 Å². The van der Waals surface area contributed by atoms with Gasteiger partial charge in [-0.3, -0.25) is 9.36 Å². The molecule has 3 aromatic heterocycles. The molecule has 0 unspecified atom stereocenters. The number of rotatable bonds is 5. The monoisotopic (exact) mass is 446 g/mol. The molecule has 0 saturated heterocycles. The van der Waals surface area contributed by atoms with Crippen molar-refractivity contribution in [1.29, 1.82) is 0 Å². The van der Waals surface area contributed by atoms with Crippen LogP contribution in [-0.2, 0) is 13.1 Å². The van der Waals surface area contributed by atoms with Crippen molar-refractivity contribution in [3.05, 3.63) is 116 Å². The van der Waals surface area contributed by atoms with Gasteiger partial charge in [-0.1, -0.05) is 35.9 Å². The van der Waals surface area contributed by atoms with E-state index in [2.05, 4.69) is 4.98 Å². The Morgan fingerprint density at radius 3 is 2.47 bits per heavy atom. The molecule has 0 N–H and O–H groups in total. The highest BCUT2D eigenvalue weighted by molar-refractivity contribution is 6.30. The van der Waals surface area contributed by atoms with Gasteiger partial charge < -0.3 is 8.98 Å². The molecule has 32 heavy (non-hydrogen) atoms. The third kappa shape index (κ3) is 3.46. The Hall–Kier alpha value is -3.84. The number of halogens is 1. The predicted molar refractivity (Wildman–Crippen MR) is 123 cm³/mol. The third-order valence-corrected chi connectivity index (χ3v) is 5.73. The fourth-order valence-electron chi connectivity index (χ4n) is 3.79. The van der Waals surface area contributed by atoms with Crippen LogP contribution in [0.4, 0.5) is 0 Å². The molecular formula is C24H19ClN4O3. The predicted octanol–water partition coefficient (Wildman–Crippen LogP) is 4.00. The van der Waals surface area contributed by atoms with E-state index < -0.39 is 11.2 Å². The Balaban J connectivity index is 1.77. The number of hydrogen-bond acceptors (Lipinski definition) is 4. The molecular weight excluding hydrogens is 428 g/mol. The zero-order valence-electron chi connectivity index (χ0n) is 17.2. The molecule has 160 valence electrons. The number of aromatic nitrogens is 4. The second kappa shape index (κ2) is 8.01. The lowest BCUT2D eigenvalue weighted by atomic mass is 10.1. The lowest BCUT2D eigenvalue weighted by molar-refractivity contribution is 0.482. The average molecular weight is 447 g/mol. The smallest absolute Gasteiger partial charge is 0.337 e. The topological polar surface area (TPSA) is 75.0 Å². The van der Waals surface area contributed by atoms with E-state index in [0.29, 0.717) is 34.2 Å². The lowest BCUT2D eigenvalue weighted by Crippen LogP contribution is -2.40. The molecule has 3 heterocycles. The first kappa shape index (κ1) is 20.1. The van der Waals surface area contributed by atoms with E-state index in [1.54, 1.807) is 47.3 Å². The second-order valence-electron chi connectivity index (χ2n) is 7.54. The molecule has 0 radical (unpaired) electrons. The van der Waals surface area contributed by atoms with Gasteiger partial charge in [0.25, 0.3) is 5.56 Å². The van der Waals surface area contributed by atoms with Crippen LogP contribution in [0.25, 0.3) is 16.9 Å². The van der Waals surface area contributed by atoms with Crippen molar-refractivity contribution in [3.8, 4) is 5.69 Å². The molecule has 8 heteroatoms. The van der Waals surface area contributed by atoms with E-state index in [0.717, 1.165) is 11.1 Å². The number of benzene rings is 2. The van der Waals surface area contributed by atoms with Crippen LogP contribution in [0.2, 0.25) is 5.02 Å². The van der Waals surface area contributed by atoms with Crippen LogP contribution in [0.15, 0.2) is 87.3 Å². The Morgan fingerprint density at radius 1 is 0.969 bits per heavy atom. The van der Waals surface area contributed by atoms with E-state index in [9.17, 15) is 9.59 Å². The summed E-state index contributed by atoms with van der Waals surface area (Å²) < 4.78 is 9.79. The van der Waals surface area contributed by atoms with Crippen molar-refractivity contribution in [3.63, 3.8) is 0 Å². The zero-order chi connectivity index (χ0) is 22.2. The van der Waals surface area contributed by atoms with Crippen molar-refractivity contribution in [2.45, 2.75) is 20.0 Å². The number of hydrogen-bond donors (Lipinski definition) is 0. The highest BCUT2D eigenvalue weighted by atomic mass is 35.5. The summed E-state index contributed by atoms with van der Waals surface area (Å²) in [6.07, 6.45) is 3.11. The van der Waals surface area contributed by atoms with Gasteiger partial charge in [-0.25, -0.2) is 14.3 Å². The first-order valence-corrected chi connectivity index (χ1v) is 10.4. The van der Waals surface area contributed by atoms with Crippen LogP contribution in [-0.4, -0.2) is 18.7 Å². The number of aryl methyl sites for hydroxylation is 1. The van der Waals surface area contributed by atoms with Gasteiger partial charge in [-0.2, -0.15) is 0 Å². The Bertz CT molecular complexity index is 1530. The molecule has 0 saturated carbocycles. The number of fused-ring (bicyclic) bond motifs is 1. The van der Waals surface area contributed by atoms with Gasteiger partial charge in [0, 0.05) is 11.6 Å². The summed E-state index contributed by atoms with van der Waals surface area (Å²) in [5.74, 6) is 0.510. The van der Waals surface area contributed by atoms with Gasteiger partial charge >= 0.3 is 5.69 Å². The summed E-state index contributed by atoms with van der Waals surface area (Å²) in [5, 5.41) is 0.548. The standard InChI is InChI=1S/C24H19ClN4O3/c1-16-5-2-3-6-17(16)13-27-15-26-22-21(27)23(30)28(14-20-7-4-12-32-20)24(31)29(22)19-10-8-18(25)9-11-19/h2-12,15H,13-14H2,1H3. The van der Waals surface area contributed by atoms with Crippen LogP contribution in [0, 0.1) is 6.92 Å². The minimum atomic E-state index is -0.498. The first-order chi connectivity index (χ1) is 15.5. The van der Waals surface area contributed by atoms with Gasteiger partial charge in [-0.15, -0.1) is 0 Å². The molecule has 0 spiro atoms. The fraction of sp³-hybridized carbons (Fsp3) is 0.125. The summed E-state index contributed by atoms with van der Waals surface area (Å²) in [7, 11) is 0. The van der Waals surface area contributed by atoms with Crippen LogP contribution < -0.4 is 11.2 Å². The summed E-state index contributed by atoms with van der Waals surface area (Å²) in [5.41, 5.74) is 2.46. The quantitative estimate of drug-likeness (QED) is 0.409. The second-order valence-corrected chi connectivity index (χ2v) is 7.97. The van der Waals surface area contributed by atoms with Crippen molar-refractivity contribution in [2.75, 3.05) is 0 Å². The minimum Gasteiger partial charge on any atom is -0.467 e. The summed E-state index contributed by atoms with van der Waals surface area (Å²) in [6.45, 7) is 2.50. The van der Waals surface area contributed by atoms with Crippen molar-refractivity contribution >= 4 is 22.8 Å². The maximum atomic E-state index is 13.5. The molecule has 0 amide bonds. The average Bonchev–Trinajstić information content (AvgIpc) is 3.44. The maximum Gasteiger partial charge on any atom is 0.337 e. The Kier molecular flexibility index (Phi) is 5.03. The van der Waals surface area contributed by atoms with Gasteiger partial charge in [-0.05, 0) is 54.4 Å². The highest BCUT2D eigenvalue weighted by Gasteiger charge is 2.20. The first-order valence-electron chi connectivity index (χ1n) is 10.1. The number of nitrogens with zero attached hydrogens (tertiary/aromatic N) is 4. The summed E-state index contributed by atoms with van der Waals surface area (Å²) in [6, 6.07) is 18.3. The van der Waals surface area contributed by atoms with Gasteiger partial charge in [0.1, 0.15) is 5.76 Å². The molecule has 0 aliphatic heterocycles. The van der Waals surface area contributed by atoms with E-state index in [1.165, 1.54) is 15.4 Å². The van der Waals surface area contributed by atoms with E-state index >= 15 is 0 Å². The third-order valence-electron chi connectivity index (χ3n) is 5.48. The zero-order valence-corrected chi connectivity index (χ0v) is 18.0. The lowest BCUT2D eigenvalue weighted by Gasteiger charge is -2.13. The molecule has 0 aliphatic rings. The molecule has 0 bridgehead atoms. The molecule has 5 rings (SSSR count). The fourth-order valence-corrected chi connectivity index (χ4v) is 3.92. The summed E-state index contributed by atoms with van der Waals surface area (Å²) >= 11 is 6.04. The normalized spacial score (nSPS) is 11.3. The van der Waals surface area contributed by atoms with Crippen LogP contribution in [0.1, 0.15) is 16.9 Å². The van der Waals surface area contributed by atoms with Crippen LogP contribution in [0.3, 0.4) is 0 Å². The number of imidazole rings is 1. The molecule has 0 atom stereocenters. The molecule has 5 aromatic rings. The van der Waals surface area contributed by atoms with Crippen molar-refractivity contribution in [1.82, 2.24) is 18.7 Å². The van der Waals surface area contributed by atoms with Crippen molar-refractivity contribution < 1.29 is 4.42 Å². The number of furan rings is 1. The SMILES string of the molecule is Cc1ccccc1Cn1cnc2c1c(=O)n(Cc1ccco1)c(=O)n2-c1ccc(Cl)cc1. The molecule has 0 aliphatic carbocycles. The minimum absolute atomic E-state index is 0.0176. The van der Waals surface area contributed by atoms with E-state index in [1.807, 2.05) is 31.2 Å². The largest absolute Gasteiger partial charge is 0.467 e. The van der Waals surface area contributed by atoms with Gasteiger partial charge in [0.05, 0.1) is 24.8 Å². The molecule has 7 nitrogen and oxygen atoms in total. The van der Waals surface area contributed by atoms with E-state index in [4.69, 9.17) is 16.0 Å². The van der Waals surface area contributed by atoms with Gasteiger partial charge in [0.2, 0.25) is 0 Å². The maximum absolute atomic E-state index is 13.5.